The second-order valence-electron chi connectivity index (χ2n) is 11.7. The molecule has 1 saturated carbocycles. The van der Waals surface area contributed by atoms with E-state index in [4.69, 9.17) is 9.47 Å². The van der Waals surface area contributed by atoms with E-state index in [9.17, 15) is 14.4 Å². The molecule has 2 atom stereocenters. The lowest BCUT2D eigenvalue weighted by molar-refractivity contribution is -0.142. The molecule has 2 N–H and O–H groups in total. The van der Waals surface area contributed by atoms with Crippen molar-refractivity contribution in [3.8, 4) is 5.88 Å². The predicted molar refractivity (Wildman–Crippen MR) is 159 cm³/mol. The van der Waals surface area contributed by atoms with Crippen LogP contribution >= 0.6 is 0 Å². The summed E-state index contributed by atoms with van der Waals surface area (Å²) in [4.78, 5) is 52.9. The third-order valence-electron chi connectivity index (χ3n) is 8.22. The number of ether oxygens (including phenoxy) is 2. The summed E-state index contributed by atoms with van der Waals surface area (Å²) in [7, 11) is 2.09. The van der Waals surface area contributed by atoms with E-state index in [1.54, 1.807) is 19.2 Å². The molecule has 1 aromatic carbocycles. The highest BCUT2D eigenvalue weighted by molar-refractivity contribution is 6.39. The molecule has 1 aromatic heterocycles. The average Bonchev–Trinajstić information content (AvgIpc) is 2.97. The van der Waals surface area contributed by atoms with Crippen LogP contribution in [0.2, 0.25) is 0 Å². The molecule has 228 valence electrons. The van der Waals surface area contributed by atoms with Crippen LogP contribution in [0.25, 0.3) is 0 Å². The van der Waals surface area contributed by atoms with Crippen LogP contribution in [0.15, 0.2) is 42.6 Å². The number of anilines is 1. The van der Waals surface area contributed by atoms with Crippen LogP contribution < -0.4 is 20.3 Å². The second kappa shape index (κ2) is 14.0. The second-order valence-corrected chi connectivity index (χ2v) is 11.7. The molecule has 2 aliphatic rings. The summed E-state index contributed by atoms with van der Waals surface area (Å²) in [5.41, 5.74) is -1.36. The van der Waals surface area contributed by atoms with Gasteiger partial charge < -0.3 is 29.9 Å². The lowest BCUT2D eigenvalue weighted by Gasteiger charge is -2.41. The number of Topliss-reactive ketones (excluding diaryl/α,β-unsaturated/α-hetero) is 1. The van der Waals surface area contributed by atoms with Gasteiger partial charge in [-0.2, -0.15) is 4.98 Å². The zero-order chi connectivity index (χ0) is 30.2. The van der Waals surface area contributed by atoms with Crippen LogP contribution in [0.5, 0.6) is 5.88 Å². The van der Waals surface area contributed by atoms with Crippen molar-refractivity contribution < 1.29 is 23.9 Å². The van der Waals surface area contributed by atoms with Gasteiger partial charge in [-0.25, -0.2) is 9.78 Å². The van der Waals surface area contributed by atoms with Crippen molar-refractivity contribution in [2.45, 2.75) is 76.5 Å². The Labute approximate surface area is 248 Å². The quantitative estimate of drug-likeness (QED) is 0.342. The van der Waals surface area contributed by atoms with Crippen LogP contribution in [-0.4, -0.2) is 83.6 Å². The third-order valence-corrected chi connectivity index (χ3v) is 8.22. The Morgan fingerprint density at radius 3 is 2.45 bits per heavy atom. The Hall–Kier alpha value is -3.73. The fourth-order valence-corrected chi connectivity index (χ4v) is 5.17. The average molecular weight is 581 g/mol. The van der Waals surface area contributed by atoms with Crippen LogP contribution in [0, 0.1) is 0 Å². The summed E-state index contributed by atoms with van der Waals surface area (Å²) < 4.78 is 11.9. The van der Waals surface area contributed by atoms with Crippen molar-refractivity contribution in [3.63, 3.8) is 0 Å². The first-order valence-electron chi connectivity index (χ1n) is 14.9. The standard InChI is InChI=1S/C31H44N6O5/c1-5-6-14-30(3,26(38)27(39)33-23(2)24-11-8-7-9-12-24)35-29(40)42-31(15-10-16-31)22-41-25-13-17-32-28(34-25)37-20-18-36(4)19-21-37/h7-9,11-13,17,23H,5-6,10,14-16,18-22H2,1-4H3,(H,33,39)(H,35,40)/t23-,30?/m1/s1. The molecule has 2 aromatic rings. The van der Waals surface area contributed by atoms with Crippen molar-refractivity contribution in [1.29, 1.82) is 0 Å². The number of likely N-dealkylation sites (N-methyl/N-ethyl adjacent to an activating group) is 1. The summed E-state index contributed by atoms with van der Waals surface area (Å²) >= 11 is 0. The van der Waals surface area contributed by atoms with Gasteiger partial charge in [0.1, 0.15) is 17.7 Å². The van der Waals surface area contributed by atoms with Gasteiger partial charge in [0.15, 0.2) is 0 Å². The van der Waals surface area contributed by atoms with Gasteiger partial charge in [0.25, 0.3) is 5.91 Å². The van der Waals surface area contributed by atoms with Gasteiger partial charge in [0.2, 0.25) is 17.6 Å². The van der Waals surface area contributed by atoms with Crippen LogP contribution in [0.1, 0.15) is 70.9 Å². The summed E-state index contributed by atoms with van der Waals surface area (Å²) in [5.74, 6) is -0.410. The number of aromatic nitrogens is 2. The minimum absolute atomic E-state index is 0.133. The van der Waals surface area contributed by atoms with Crippen molar-refractivity contribution in [1.82, 2.24) is 25.5 Å². The molecule has 0 radical (unpaired) electrons. The topological polar surface area (TPSA) is 126 Å². The molecule has 42 heavy (non-hydrogen) atoms. The number of unbranched alkanes of at least 4 members (excludes halogenated alkanes) is 1. The number of benzene rings is 1. The molecule has 0 spiro atoms. The first-order valence-corrected chi connectivity index (χ1v) is 14.9. The maximum atomic E-state index is 13.4. The molecule has 2 heterocycles. The van der Waals surface area contributed by atoms with Gasteiger partial charge in [-0.05, 0) is 52.1 Å². The molecular formula is C31H44N6O5. The number of hydrogen-bond donors (Lipinski definition) is 2. The first-order chi connectivity index (χ1) is 20.1. The highest BCUT2D eigenvalue weighted by Crippen LogP contribution is 2.36. The number of carbonyl (C=O) groups is 3. The van der Waals surface area contributed by atoms with E-state index < -0.39 is 28.9 Å². The van der Waals surface area contributed by atoms with Gasteiger partial charge in [-0.3, -0.25) is 9.59 Å². The van der Waals surface area contributed by atoms with Gasteiger partial charge in [-0.1, -0.05) is 50.1 Å². The highest BCUT2D eigenvalue weighted by atomic mass is 16.6. The van der Waals surface area contributed by atoms with E-state index in [2.05, 4.69) is 37.4 Å². The van der Waals surface area contributed by atoms with E-state index in [0.29, 0.717) is 37.5 Å². The van der Waals surface area contributed by atoms with E-state index in [-0.39, 0.29) is 12.6 Å². The molecule has 11 nitrogen and oxygen atoms in total. The van der Waals surface area contributed by atoms with Gasteiger partial charge >= 0.3 is 6.09 Å². The number of alkyl carbamates (subject to hydrolysis) is 1. The zero-order valence-corrected chi connectivity index (χ0v) is 25.2. The predicted octanol–water partition coefficient (Wildman–Crippen LogP) is 3.65. The Kier molecular flexibility index (Phi) is 10.4. The molecule has 0 bridgehead atoms. The molecular weight excluding hydrogens is 536 g/mol. The fraction of sp³-hybridized carbons (Fsp3) is 0.581. The molecule has 1 unspecified atom stereocenters. The first kappa shape index (κ1) is 31.2. The lowest BCUT2D eigenvalue weighted by Crippen LogP contribution is -2.59. The number of rotatable bonds is 13. The smallest absolute Gasteiger partial charge is 0.408 e. The van der Waals surface area contributed by atoms with Crippen molar-refractivity contribution >= 4 is 23.7 Å². The van der Waals surface area contributed by atoms with Gasteiger partial charge in [-0.15, -0.1) is 0 Å². The van der Waals surface area contributed by atoms with E-state index in [0.717, 1.165) is 44.6 Å². The third kappa shape index (κ3) is 7.96. The monoisotopic (exact) mass is 580 g/mol. The van der Waals surface area contributed by atoms with Gasteiger partial charge in [0.05, 0.1) is 6.04 Å². The molecule has 1 saturated heterocycles. The molecule has 1 aliphatic carbocycles. The number of hydrogen-bond acceptors (Lipinski definition) is 9. The number of amides is 2. The summed E-state index contributed by atoms with van der Waals surface area (Å²) in [5, 5.41) is 5.51. The number of carbonyl (C=O) groups excluding carboxylic acids is 3. The maximum Gasteiger partial charge on any atom is 0.408 e. The molecule has 1 aliphatic heterocycles. The van der Waals surface area contributed by atoms with Crippen LogP contribution in [0.4, 0.5) is 10.7 Å². The van der Waals surface area contributed by atoms with E-state index >= 15 is 0 Å². The highest BCUT2D eigenvalue weighted by Gasteiger charge is 2.45. The summed E-state index contributed by atoms with van der Waals surface area (Å²) in [6.45, 7) is 9.08. The Morgan fingerprint density at radius 1 is 1.10 bits per heavy atom. The number of piperazine rings is 1. The molecule has 11 heteroatoms. The van der Waals surface area contributed by atoms with Crippen molar-refractivity contribution in [2.24, 2.45) is 0 Å². The van der Waals surface area contributed by atoms with Gasteiger partial charge in [0, 0.05) is 38.4 Å². The molecule has 2 amide bonds. The Bertz CT molecular complexity index is 1220. The number of nitrogens with one attached hydrogen (secondary N) is 2. The normalized spacial score (nSPS) is 18.6. The van der Waals surface area contributed by atoms with Crippen LogP contribution in [0.3, 0.4) is 0 Å². The minimum atomic E-state index is -1.41. The summed E-state index contributed by atoms with van der Waals surface area (Å²) in [6.07, 6.45) is 4.84. The van der Waals surface area contributed by atoms with Crippen molar-refractivity contribution in [2.75, 3.05) is 44.7 Å². The maximum absolute atomic E-state index is 13.4. The zero-order valence-electron chi connectivity index (χ0n) is 25.2. The van der Waals surface area contributed by atoms with E-state index in [1.165, 1.54) is 0 Å². The number of nitrogens with zero attached hydrogens (tertiary/aromatic N) is 4. The largest absolute Gasteiger partial charge is 0.473 e. The Morgan fingerprint density at radius 2 is 1.81 bits per heavy atom. The molecule has 2 fully saturated rings. The molecule has 4 rings (SSSR count). The van der Waals surface area contributed by atoms with Crippen LogP contribution in [-0.2, 0) is 14.3 Å². The number of ketones is 1. The fourth-order valence-electron chi connectivity index (χ4n) is 5.17. The lowest BCUT2D eigenvalue weighted by atomic mass is 9.80. The minimum Gasteiger partial charge on any atom is -0.473 e. The van der Waals surface area contributed by atoms with E-state index in [1.807, 2.05) is 44.2 Å². The van der Waals surface area contributed by atoms with Crippen molar-refractivity contribution in [3.05, 3.63) is 48.2 Å². The Balaban J connectivity index is 1.36. The summed E-state index contributed by atoms with van der Waals surface area (Å²) in [6, 6.07) is 10.7. The SMILES string of the molecule is CCCCC(C)(NC(=O)OC1(COc2ccnc(N3CCN(C)CC3)n2)CCC1)C(=O)C(=O)N[C@H](C)c1ccccc1.